The molecule has 1 aromatic carbocycles. The average Bonchev–Trinajstić information content (AvgIpc) is 2.61. The first kappa shape index (κ1) is 9.69. The minimum atomic E-state index is -0.121. The van der Waals surface area contributed by atoms with E-state index in [1.807, 2.05) is 6.07 Å². The van der Waals surface area contributed by atoms with Gasteiger partial charge in [0.1, 0.15) is 0 Å². The van der Waals surface area contributed by atoms with Crippen LogP contribution >= 0.6 is 11.3 Å². The third-order valence-corrected chi connectivity index (χ3v) is 3.97. The largest absolute Gasteiger partial charge is 0.395 e. The minimum Gasteiger partial charge on any atom is -0.395 e. The Labute approximate surface area is 88.0 Å². The van der Waals surface area contributed by atoms with Crippen molar-refractivity contribution in [2.24, 2.45) is 0 Å². The fourth-order valence-corrected chi connectivity index (χ4v) is 2.55. The van der Waals surface area contributed by atoms with Gasteiger partial charge in [0, 0.05) is 15.0 Å². The molecule has 0 amide bonds. The van der Waals surface area contributed by atoms with Crippen molar-refractivity contribution in [3.63, 3.8) is 0 Å². The normalized spacial score (nSPS) is 12.2. The summed E-state index contributed by atoms with van der Waals surface area (Å²) in [6.45, 7) is 4.33. The first-order chi connectivity index (χ1) is 6.63. The van der Waals surface area contributed by atoms with E-state index in [1.165, 1.54) is 15.0 Å². The third-order valence-electron chi connectivity index (χ3n) is 2.49. The van der Waals surface area contributed by atoms with Crippen LogP contribution in [0.2, 0.25) is 0 Å². The highest BCUT2D eigenvalue weighted by Gasteiger charge is 2.21. The fourth-order valence-electron chi connectivity index (χ4n) is 1.39. The molecule has 74 valence electrons. The number of hydrogen-bond acceptors (Lipinski definition) is 2. The van der Waals surface area contributed by atoms with E-state index in [0.29, 0.717) is 0 Å². The maximum atomic E-state index is 9.28. The predicted molar refractivity (Wildman–Crippen MR) is 61.9 cm³/mol. The van der Waals surface area contributed by atoms with Gasteiger partial charge in [-0.15, -0.1) is 11.3 Å². The van der Waals surface area contributed by atoms with E-state index >= 15 is 0 Å². The van der Waals surface area contributed by atoms with Gasteiger partial charge in [-0.05, 0) is 17.5 Å². The van der Waals surface area contributed by atoms with Gasteiger partial charge in [0.2, 0.25) is 0 Å². The summed E-state index contributed by atoms with van der Waals surface area (Å²) in [5.74, 6) is 0. The summed E-state index contributed by atoms with van der Waals surface area (Å²) in [4.78, 5) is 1.25. The zero-order valence-corrected chi connectivity index (χ0v) is 9.27. The number of rotatable bonds is 2. The molecule has 0 radical (unpaired) electrons. The molecule has 1 N–H and O–H groups in total. The summed E-state index contributed by atoms with van der Waals surface area (Å²) in [5, 5.41) is 10.6. The first-order valence-corrected chi connectivity index (χ1v) is 5.55. The van der Waals surface area contributed by atoms with Gasteiger partial charge in [-0.3, -0.25) is 0 Å². The fraction of sp³-hybridized carbons (Fsp3) is 0.333. The number of thiophene rings is 1. The van der Waals surface area contributed by atoms with Crippen LogP contribution < -0.4 is 0 Å². The van der Waals surface area contributed by atoms with E-state index in [0.717, 1.165) is 0 Å². The van der Waals surface area contributed by atoms with Crippen LogP contribution in [0.1, 0.15) is 18.7 Å². The quantitative estimate of drug-likeness (QED) is 0.800. The molecule has 0 atom stereocenters. The van der Waals surface area contributed by atoms with Crippen LogP contribution in [0.25, 0.3) is 10.1 Å². The molecule has 0 aliphatic heterocycles. The molecule has 2 aromatic rings. The van der Waals surface area contributed by atoms with Crippen LogP contribution in [0.4, 0.5) is 0 Å². The van der Waals surface area contributed by atoms with E-state index in [-0.39, 0.29) is 12.0 Å². The molecular formula is C12H14OS. The Kier molecular flexibility index (Phi) is 2.33. The lowest BCUT2D eigenvalue weighted by atomic mass is 9.92. The molecule has 1 heterocycles. The van der Waals surface area contributed by atoms with Gasteiger partial charge in [-0.2, -0.15) is 0 Å². The number of aliphatic hydroxyl groups excluding tert-OH is 1. The van der Waals surface area contributed by atoms with Crippen molar-refractivity contribution in [1.82, 2.24) is 0 Å². The molecule has 0 unspecified atom stereocenters. The highest BCUT2D eigenvalue weighted by atomic mass is 32.1. The second kappa shape index (κ2) is 3.37. The Morgan fingerprint density at radius 3 is 2.64 bits per heavy atom. The van der Waals surface area contributed by atoms with Crippen molar-refractivity contribution in [1.29, 1.82) is 0 Å². The van der Waals surface area contributed by atoms with E-state index < -0.39 is 0 Å². The zero-order chi connectivity index (χ0) is 10.2. The summed E-state index contributed by atoms with van der Waals surface area (Å²) >= 11 is 1.77. The highest BCUT2D eigenvalue weighted by molar-refractivity contribution is 7.19. The second-order valence-corrected chi connectivity index (χ2v) is 5.27. The van der Waals surface area contributed by atoms with Gasteiger partial charge in [0.15, 0.2) is 0 Å². The van der Waals surface area contributed by atoms with E-state index in [1.54, 1.807) is 11.3 Å². The molecule has 1 nitrogen and oxygen atoms in total. The summed E-state index contributed by atoms with van der Waals surface area (Å²) in [7, 11) is 0. The van der Waals surface area contributed by atoms with Crippen molar-refractivity contribution in [2.75, 3.05) is 6.61 Å². The molecule has 0 bridgehead atoms. The number of aliphatic hydroxyl groups is 1. The average molecular weight is 206 g/mol. The number of benzene rings is 1. The second-order valence-electron chi connectivity index (χ2n) is 4.19. The first-order valence-electron chi connectivity index (χ1n) is 4.73. The van der Waals surface area contributed by atoms with Gasteiger partial charge in [-0.25, -0.2) is 0 Å². The van der Waals surface area contributed by atoms with Gasteiger partial charge >= 0.3 is 0 Å². The zero-order valence-electron chi connectivity index (χ0n) is 8.45. The molecule has 0 fully saturated rings. The molecule has 0 aliphatic carbocycles. The van der Waals surface area contributed by atoms with E-state index in [2.05, 4.69) is 38.1 Å². The Bertz CT molecular complexity index is 409. The number of hydrogen-bond donors (Lipinski definition) is 1. The summed E-state index contributed by atoms with van der Waals surface area (Å²) in [5.41, 5.74) is -0.121. The maximum Gasteiger partial charge on any atom is 0.0530 e. The van der Waals surface area contributed by atoms with Crippen molar-refractivity contribution < 1.29 is 5.11 Å². The molecular weight excluding hydrogens is 192 g/mol. The maximum absolute atomic E-state index is 9.28. The molecule has 2 heteroatoms. The van der Waals surface area contributed by atoms with Crippen LogP contribution in [0.15, 0.2) is 30.3 Å². The third kappa shape index (κ3) is 1.56. The van der Waals surface area contributed by atoms with Crippen molar-refractivity contribution in [3.05, 3.63) is 35.2 Å². The van der Waals surface area contributed by atoms with Crippen LogP contribution in [-0.4, -0.2) is 11.7 Å². The van der Waals surface area contributed by atoms with Crippen molar-refractivity contribution in [2.45, 2.75) is 19.3 Å². The predicted octanol–water partition coefficient (Wildman–Crippen LogP) is 3.17. The standard InChI is InChI=1S/C12H14OS/c1-12(2,8-13)11-7-9-5-3-4-6-10(9)14-11/h3-7,13H,8H2,1-2H3. The van der Waals surface area contributed by atoms with E-state index in [9.17, 15) is 5.11 Å². The lowest BCUT2D eigenvalue weighted by Crippen LogP contribution is -2.20. The Balaban J connectivity index is 2.55. The van der Waals surface area contributed by atoms with Crippen molar-refractivity contribution >= 4 is 21.4 Å². The highest BCUT2D eigenvalue weighted by Crippen LogP contribution is 2.33. The van der Waals surface area contributed by atoms with Gasteiger partial charge in [0.25, 0.3) is 0 Å². The molecule has 0 saturated carbocycles. The number of fused-ring (bicyclic) bond motifs is 1. The molecule has 1 aromatic heterocycles. The minimum absolute atomic E-state index is 0.121. The smallest absolute Gasteiger partial charge is 0.0530 e. The Morgan fingerprint density at radius 1 is 1.29 bits per heavy atom. The van der Waals surface area contributed by atoms with E-state index in [4.69, 9.17) is 0 Å². The summed E-state index contributed by atoms with van der Waals surface area (Å²) < 4.78 is 1.30. The molecule has 14 heavy (non-hydrogen) atoms. The van der Waals surface area contributed by atoms with Gasteiger partial charge < -0.3 is 5.11 Å². The topological polar surface area (TPSA) is 20.2 Å². The lowest BCUT2D eigenvalue weighted by Gasteiger charge is -2.19. The Hall–Kier alpha value is -0.860. The molecule has 0 saturated heterocycles. The SMILES string of the molecule is CC(C)(CO)c1cc2ccccc2s1. The molecule has 0 spiro atoms. The van der Waals surface area contributed by atoms with Crippen LogP contribution in [0, 0.1) is 0 Å². The van der Waals surface area contributed by atoms with Gasteiger partial charge in [0.05, 0.1) is 6.61 Å². The van der Waals surface area contributed by atoms with Crippen LogP contribution in [0.3, 0.4) is 0 Å². The monoisotopic (exact) mass is 206 g/mol. The molecule has 0 aliphatic rings. The summed E-state index contributed by atoms with van der Waals surface area (Å²) in [6.07, 6.45) is 0. The molecule has 2 rings (SSSR count). The lowest BCUT2D eigenvalue weighted by molar-refractivity contribution is 0.221. The van der Waals surface area contributed by atoms with Crippen LogP contribution in [0.5, 0.6) is 0 Å². The van der Waals surface area contributed by atoms with Crippen LogP contribution in [-0.2, 0) is 5.41 Å². The Morgan fingerprint density at radius 2 is 2.00 bits per heavy atom. The summed E-state index contributed by atoms with van der Waals surface area (Å²) in [6, 6.07) is 10.5. The van der Waals surface area contributed by atoms with Crippen molar-refractivity contribution in [3.8, 4) is 0 Å². The van der Waals surface area contributed by atoms with Gasteiger partial charge in [-0.1, -0.05) is 32.0 Å².